The second-order valence-electron chi connectivity index (χ2n) is 6.65. The average molecular weight is 342 g/mol. The number of piperidine rings is 1. The Balaban J connectivity index is 1.84. The number of aryl methyl sites for hydroxylation is 2. The Morgan fingerprint density at radius 2 is 2.12 bits per heavy atom. The quantitative estimate of drug-likeness (QED) is 0.923. The van der Waals surface area contributed by atoms with Crippen LogP contribution in [0.15, 0.2) is 24.4 Å². The Morgan fingerprint density at radius 3 is 2.80 bits per heavy atom. The lowest BCUT2D eigenvalue weighted by Gasteiger charge is -2.35. The van der Waals surface area contributed by atoms with E-state index >= 15 is 0 Å². The molecule has 0 aliphatic carbocycles. The molecule has 2 amide bonds. The highest BCUT2D eigenvalue weighted by atomic mass is 16.5. The van der Waals surface area contributed by atoms with Crippen molar-refractivity contribution in [3.63, 3.8) is 0 Å². The maximum atomic E-state index is 13.0. The Hall–Kier alpha value is -2.50. The smallest absolute Gasteiger partial charge is 0.322 e. The van der Waals surface area contributed by atoms with Crippen molar-refractivity contribution in [2.24, 2.45) is 7.05 Å². The number of ether oxygens (including phenoxy) is 1. The van der Waals surface area contributed by atoms with Crippen LogP contribution in [0.25, 0.3) is 0 Å². The van der Waals surface area contributed by atoms with E-state index in [1.54, 1.807) is 13.3 Å². The van der Waals surface area contributed by atoms with Crippen molar-refractivity contribution in [2.45, 2.75) is 39.2 Å². The molecule has 1 aromatic heterocycles. The van der Waals surface area contributed by atoms with Crippen molar-refractivity contribution in [1.82, 2.24) is 14.7 Å². The molecule has 1 aromatic carbocycles. The standard InChI is InChI=1S/C19H26N4O2/c1-13-11-15(14(2)18(12-13)25-4)21-19(24)23-10-6-5-7-17(23)16-8-9-20-22(16)3/h8-9,11-12,17H,5-7,10H2,1-4H3,(H,21,24)/t17-/m0/s1. The summed E-state index contributed by atoms with van der Waals surface area (Å²) in [4.78, 5) is 14.9. The number of rotatable bonds is 3. The molecule has 1 atom stereocenters. The molecule has 0 spiro atoms. The van der Waals surface area contributed by atoms with E-state index in [1.807, 2.05) is 48.7 Å². The zero-order valence-electron chi connectivity index (χ0n) is 15.4. The van der Waals surface area contributed by atoms with Crippen LogP contribution in [-0.2, 0) is 7.05 Å². The number of carbonyl (C=O) groups excluding carboxylic acids is 1. The summed E-state index contributed by atoms with van der Waals surface area (Å²) in [5, 5.41) is 7.34. The van der Waals surface area contributed by atoms with Gasteiger partial charge in [-0.05, 0) is 56.9 Å². The number of anilines is 1. The Labute approximate surface area is 148 Å². The van der Waals surface area contributed by atoms with Crippen molar-refractivity contribution >= 4 is 11.7 Å². The molecule has 25 heavy (non-hydrogen) atoms. The molecule has 0 bridgehead atoms. The van der Waals surface area contributed by atoms with Gasteiger partial charge in [-0.1, -0.05) is 0 Å². The van der Waals surface area contributed by atoms with Crippen LogP contribution in [0.4, 0.5) is 10.5 Å². The first-order valence-electron chi connectivity index (χ1n) is 8.72. The van der Waals surface area contributed by atoms with E-state index in [-0.39, 0.29) is 12.1 Å². The van der Waals surface area contributed by atoms with E-state index in [0.717, 1.165) is 54.1 Å². The van der Waals surface area contributed by atoms with Crippen LogP contribution in [0.2, 0.25) is 0 Å². The number of carbonyl (C=O) groups is 1. The van der Waals surface area contributed by atoms with Gasteiger partial charge in [-0.25, -0.2) is 4.79 Å². The number of urea groups is 1. The van der Waals surface area contributed by atoms with Crippen molar-refractivity contribution in [3.05, 3.63) is 41.2 Å². The lowest BCUT2D eigenvalue weighted by atomic mass is 9.99. The van der Waals surface area contributed by atoms with Crippen molar-refractivity contribution in [2.75, 3.05) is 19.0 Å². The molecule has 1 aliphatic rings. The van der Waals surface area contributed by atoms with Gasteiger partial charge in [0.15, 0.2) is 0 Å². The fourth-order valence-corrected chi connectivity index (χ4v) is 3.55. The summed E-state index contributed by atoms with van der Waals surface area (Å²) < 4.78 is 7.27. The molecule has 0 unspecified atom stereocenters. The maximum Gasteiger partial charge on any atom is 0.322 e. The highest BCUT2D eigenvalue weighted by molar-refractivity contribution is 5.91. The third-order valence-corrected chi connectivity index (χ3v) is 4.93. The number of hydrogen-bond acceptors (Lipinski definition) is 3. The Morgan fingerprint density at radius 1 is 1.32 bits per heavy atom. The van der Waals surface area contributed by atoms with E-state index in [1.165, 1.54) is 0 Å². The molecule has 3 rings (SSSR count). The highest BCUT2D eigenvalue weighted by Crippen LogP contribution is 2.32. The zero-order chi connectivity index (χ0) is 18.0. The van der Waals surface area contributed by atoms with Gasteiger partial charge in [0.1, 0.15) is 5.75 Å². The SMILES string of the molecule is COc1cc(C)cc(NC(=O)N2CCCC[C@H]2c2ccnn2C)c1C. The third kappa shape index (κ3) is 3.48. The van der Waals surface area contributed by atoms with Gasteiger partial charge >= 0.3 is 6.03 Å². The van der Waals surface area contributed by atoms with Crippen molar-refractivity contribution in [3.8, 4) is 5.75 Å². The van der Waals surface area contributed by atoms with Crippen LogP contribution in [0, 0.1) is 13.8 Å². The number of methoxy groups -OCH3 is 1. The van der Waals surface area contributed by atoms with Gasteiger partial charge in [0.2, 0.25) is 0 Å². The van der Waals surface area contributed by atoms with E-state index in [9.17, 15) is 4.79 Å². The van der Waals surface area contributed by atoms with Crippen LogP contribution in [-0.4, -0.2) is 34.4 Å². The summed E-state index contributed by atoms with van der Waals surface area (Å²) in [5.41, 5.74) is 3.87. The molecule has 134 valence electrons. The van der Waals surface area contributed by atoms with Gasteiger partial charge in [0, 0.05) is 31.0 Å². The van der Waals surface area contributed by atoms with Gasteiger partial charge in [-0.15, -0.1) is 0 Å². The molecule has 2 aromatic rings. The Kier molecular flexibility index (Phi) is 4.97. The van der Waals surface area contributed by atoms with Crippen molar-refractivity contribution in [1.29, 1.82) is 0 Å². The first kappa shape index (κ1) is 17.3. The molecule has 6 nitrogen and oxygen atoms in total. The minimum Gasteiger partial charge on any atom is -0.496 e. The minimum absolute atomic E-state index is 0.0632. The normalized spacial score (nSPS) is 17.4. The largest absolute Gasteiger partial charge is 0.496 e. The van der Waals surface area contributed by atoms with Gasteiger partial charge < -0.3 is 15.0 Å². The predicted molar refractivity (Wildman–Crippen MR) is 98.0 cm³/mol. The summed E-state index contributed by atoms with van der Waals surface area (Å²) in [6, 6.07) is 5.95. The predicted octanol–water partition coefficient (Wildman–Crippen LogP) is 3.80. The average Bonchev–Trinajstić information content (AvgIpc) is 3.03. The minimum atomic E-state index is -0.0679. The fraction of sp³-hybridized carbons (Fsp3) is 0.474. The summed E-state index contributed by atoms with van der Waals surface area (Å²) in [6.45, 7) is 4.71. The molecular formula is C19H26N4O2. The van der Waals surface area contributed by atoms with Gasteiger partial charge in [0.05, 0.1) is 18.8 Å². The lowest BCUT2D eigenvalue weighted by molar-refractivity contribution is 0.159. The molecule has 0 saturated carbocycles. The maximum absolute atomic E-state index is 13.0. The number of amides is 2. The second-order valence-corrected chi connectivity index (χ2v) is 6.65. The first-order chi connectivity index (χ1) is 12.0. The monoisotopic (exact) mass is 342 g/mol. The van der Waals surface area contributed by atoms with E-state index in [4.69, 9.17) is 4.74 Å². The van der Waals surface area contributed by atoms with Crippen LogP contribution in [0.1, 0.15) is 42.1 Å². The summed E-state index contributed by atoms with van der Waals surface area (Å²) in [5.74, 6) is 0.789. The molecule has 0 radical (unpaired) electrons. The van der Waals surface area contributed by atoms with Crippen LogP contribution in [0.5, 0.6) is 5.75 Å². The molecule has 6 heteroatoms. The number of likely N-dealkylation sites (tertiary alicyclic amines) is 1. The molecule has 1 N–H and O–H groups in total. The van der Waals surface area contributed by atoms with Crippen LogP contribution < -0.4 is 10.1 Å². The number of aromatic nitrogens is 2. The van der Waals surface area contributed by atoms with Crippen LogP contribution >= 0.6 is 0 Å². The van der Waals surface area contributed by atoms with Gasteiger partial charge in [-0.2, -0.15) is 5.10 Å². The number of benzene rings is 1. The zero-order valence-corrected chi connectivity index (χ0v) is 15.4. The highest BCUT2D eigenvalue weighted by Gasteiger charge is 2.30. The van der Waals surface area contributed by atoms with Crippen LogP contribution in [0.3, 0.4) is 0 Å². The first-order valence-corrected chi connectivity index (χ1v) is 8.72. The molecule has 2 heterocycles. The molecule has 1 fully saturated rings. The number of nitrogens with one attached hydrogen (secondary N) is 1. The molecular weight excluding hydrogens is 316 g/mol. The third-order valence-electron chi connectivity index (χ3n) is 4.93. The van der Waals surface area contributed by atoms with E-state index < -0.39 is 0 Å². The fourth-order valence-electron chi connectivity index (χ4n) is 3.55. The second kappa shape index (κ2) is 7.17. The lowest BCUT2D eigenvalue weighted by Crippen LogP contribution is -2.41. The molecule has 1 saturated heterocycles. The van der Waals surface area contributed by atoms with Gasteiger partial charge in [0.25, 0.3) is 0 Å². The summed E-state index contributed by atoms with van der Waals surface area (Å²) in [7, 11) is 3.58. The van der Waals surface area contributed by atoms with E-state index in [2.05, 4.69) is 10.4 Å². The van der Waals surface area contributed by atoms with Crippen molar-refractivity contribution < 1.29 is 9.53 Å². The summed E-state index contributed by atoms with van der Waals surface area (Å²) in [6.07, 6.45) is 4.90. The number of nitrogens with zero attached hydrogens (tertiary/aromatic N) is 3. The topological polar surface area (TPSA) is 59.4 Å². The summed E-state index contributed by atoms with van der Waals surface area (Å²) >= 11 is 0. The van der Waals surface area contributed by atoms with Gasteiger partial charge in [-0.3, -0.25) is 4.68 Å². The Bertz CT molecular complexity index is 769. The number of hydrogen-bond donors (Lipinski definition) is 1. The van der Waals surface area contributed by atoms with E-state index in [0.29, 0.717) is 0 Å². The molecule has 1 aliphatic heterocycles.